The number of rotatable bonds is 6. The van der Waals surface area contributed by atoms with Crippen LogP contribution >= 0.6 is 34.5 Å². The van der Waals surface area contributed by atoms with Crippen molar-refractivity contribution in [1.29, 1.82) is 0 Å². The first-order valence-corrected chi connectivity index (χ1v) is 13.7. The van der Waals surface area contributed by atoms with Gasteiger partial charge in [0.05, 0.1) is 41.1 Å². The van der Waals surface area contributed by atoms with Gasteiger partial charge in [-0.1, -0.05) is 46.7 Å². The zero-order valence-corrected chi connectivity index (χ0v) is 23.9. The van der Waals surface area contributed by atoms with Gasteiger partial charge in [-0.15, -0.1) is 0 Å². The average molecular weight is 597 g/mol. The third-order valence-electron chi connectivity index (χ3n) is 6.26. The van der Waals surface area contributed by atoms with E-state index in [1.165, 1.54) is 23.0 Å². The zero-order chi connectivity index (χ0) is 28.6. The zero-order valence-electron chi connectivity index (χ0n) is 21.6. The Balaban J connectivity index is 1.63. The number of carbonyl (C=O) groups excluding carboxylic acids is 2. The van der Waals surface area contributed by atoms with Crippen molar-refractivity contribution < 1.29 is 23.5 Å². The van der Waals surface area contributed by atoms with E-state index in [1.54, 1.807) is 74.5 Å². The first kappa shape index (κ1) is 27.6. The Bertz CT molecular complexity index is 1850. The minimum absolute atomic E-state index is 0.179. The van der Waals surface area contributed by atoms with E-state index in [1.807, 2.05) is 0 Å². The smallest absolute Gasteiger partial charge is 0.338 e. The third-order valence-corrected chi connectivity index (χ3v) is 7.73. The van der Waals surface area contributed by atoms with Gasteiger partial charge in [0.1, 0.15) is 11.5 Å². The van der Waals surface area contributed by atoms with Gasteiger partial charge in [-0.05, 0) is 61.9 Å². The van der Waals surface area contributed by atoms with Gasteiger partial charge >= 0.3 is 11.9 Å². The number of ether oxygens (including phenoxy) is 2. The van der Waals surface area contributed by atoms with Gasteiger partial charge in [0, 0.05) is 21.7 Å². The average Bonchev–Trinajstić information content (AvgIpc) is 3.52. The molecule has 0 radical (unpaired) electrons. The van der Waals surface area contributed by atoms with E-state index in [0.29, 0.717) is 47.7 Å². The molecule has 4 aromatic rings. The second-order valence-corrected chi connectivity index (χ2v) is 10.6. The Morgan fingerprint density at radius 1 is 1.07 bits per heavy atom. The van der Waals surface area contributed by atoms with E-state index in [2.05, 4.69) is 4.99 Å². The van der Waals surface area contributed by atoms with Crippen molar-refractivity contribution in [2.75, 3.05) is 13.7 Å². The van der Waals surface area contributed by atoms with E-state index in [4.69, 9.17) is 37.1 Å². The summed E-state index contributed by atoms with van der Waals surface area (Å²) in [5.41, 5.74) is 1.82. The Morgan fingerprint density at radius 2 is 1.80 bits per heavy atom. The maximum atomic E-state index is 13.8. The highest BCUT2D eigenvalue weighted by Crippen LogP contribution is 2.32. The molecule has 0 bridgehead atoms. The summed E-state index contributed by atoms with van der Waals surface area (Å²) in [6, 6.07) is 14.3. The number of furan rings is 1. The quantitative estimate of drug-likeness (QED) is 0.285. The molecule has 0 amide bonds. The summed E-state index contributed by atoms with van der Waals surface area (Å²) in [5.74, 6) is -0.327. The lowest BCUT2D eigenvalue weighted by atomic mass is 9.96. The molecule has 0 unspecified atom stereocenters. The number of benzene rings is 2. The van der Waals surface area contributed by atoms with Crippen molar-refractivity contribution in [1.82, 2.24) is 4.57 Å². The highest BCUT2D eigenvalue weighted by atomic mass is 35.5. The summed E-state index contributed by atoms with van der Waals surface area (Å²) in [4.78, 5) is 44.0. The summed E-state index contributed by atoms with van der Waals surface area (Å²) < 4.78 is 18.0. The van der Waals surface area contributed by atoms with Crippen molar-refractivity contribution in [2.45, 2.75) is 19.9 Å². The van der Waals surface area contributed by atoms with Crippen LogP contribution in [0.2, 0.25) is 10.0 Å². The van der Waals surface area contributed by atoms with E-state index in [0.717, 1.165) is 0 Å². The summed E-state index contributed by atoms with van der Waals surface area (Å²) in [7, 11) is 1.29. The second kappa shape index (κ2) is 11.3. The highest BCUT2D eigenvalue weighted by molar-refractivity contribution is 7.07. The number of thiazole rings is 1. The first-order chi connectivity index (χ1) is 19.2. The number of carbonyl (C=O) groups is 2. The molecule has 11 heteroatoms. The van der Waals surface area contributed by atoms with Crippen LogP contribution in [-0.4, -0.2) is 30.2 Å². The van der Waals surface area contributed by atoms with Crippen LogP contribution in [0.5, 0.6) is 0 Å². The molecule has 40 heavy (non-hydrogen) atoms. The fourth-order valence-electron chi connectivity index (χ4n) is 4.46. The molecule has 2 aromatic heterocycles. The maximum Gasteiger partial charge on any atom is 0.338 e. The topological polar surface area (TPSA) is 100 Å². The lowest BCUT2D eigenvalue weighted by Gasteiger charge is -2.24. The van der Waals surface area contributed by atoms with Crippen LogP contribution < -0.4 is 14.9 Å². The molecule has 1 atom stereocenters. The SMILES string of the molecule is CCOC(=O)C1=C(C)N=c2s/c(=C/c3ccc(-c4cc(Cl)ccc4C(=O)OC)o3)c(=O)n2[C@H]1c1ccc(Cl)cc1. The number of aromatic nitrogens is 1. The molecule has 0 saturated carbocycles. The van der Waals surface area contributed by atoms with Crippen molar-refractivity contribution in [3.05, 3.63) is 112 Å². The lowest BCUT2D eigenvalue weighted by Crippen LogP contribution is -2.39. The normalized spacial score (nSPS) is 15.0. The number of nitrogens with zero attached hydrogens (tertiary/aromatic N) is 2. The fourth-order valence-corrected chi connectivity index (χ4v) is 5.79. The Kier molecular flexibility index (Phi) is 7.80. The molecule has 3 heterocycles. The van der Waals surface area contributed by atoms with Crippen LogP contribution in [0.4, 0.5) is 0 Å². The molecule has 2 aromatic carbocycles. The summed E-state index contributed by atoms with van der Waals surface area (Å²) in [5, 5.41) is 0.946. The van der Waals surface area contributed by atoms with E-state index in [-0.39, 0.29) is 23.3 Å². The molecule has 0 N–H and O–H groups in total. The second-order valence-electron chi connectivity index (χ2n) is 8.74. The number of hydrogen-bond donors (Lipinski definition) is 0. The van der Waals surface area contributed by atoms with E-state index < -0.39 is 18.0 Å². The minimum Gasteiger partial charge on any atom is -0.465 e. The highest BCUT2D eigenvalue weighted by Gasteiger charge is 2.33. The van der Waals surface area contributed by atoms with Crippen molar-refractivity contribution in [3.8, 4) is 11.3 Å². The largest absolute Gasteiger partial charge is 0.465 e. The van der Waals surface area contributed by atoms with Crippen LogP contribution in [0.1, 0.15) is 41.6 Å². The summed E-state index contributed by atoms with van der Waals surface area (Å²) >= 11 is 13.4. The molecule has 1 aliphatic rings. The van der Waals surface area contributed by atoms with Gasteiger partial charge in [0.25, 0.3) is 5.56 Å². The predicted molar refractivity (Wildman–Crippen MR) is 152 cm³/mol. The Labute approximate surface area is 242 Å². The Morgan fingerprint density at radius 3 is 2.50 bits per heavy atom. The van der Waals surface area contributed by atoms with Crippen molar-refractivity contribution in [2.24, 2.45) is 4.99 Å². The number of fused-ring (bicyclic) bond motifs is 1. The lowest BCUT2D eigenvalue weighted by molar-refractivity contribution is -0.139. The molecule has 0 saturated heterocycles. The standard InChI is InChI=1S/C29H22Cl2N2O6S/c1-4-38-28(36)24-15(2)32-29-33(25(24)16-5-7-17(30)8-6-16)26(34)23(40-29)14-19-10-12-22(39-19)21-13-18(31)9-11-20(21)27(35)37-3/h5-14,25H,4H2,1-3H3/b23-14+/t25-/m0/s1. The molecule has 8 nitrogen and oxygen atoms in total. The summed E-state index contributed by atoms with van der Waals surface area (Å²) in [6.07, 6.45) is 1.60. The molecule has 0 aliphatic carbocycles. The number of methoxy groups -OCH3 is 1. The molecular formula is C29H22Cl2N2O6S. The fraction of sp³-hybridized carbons (Fsp3) is 0.172. The van der Waals surface area contributed by atoms with Crippen LogP contribution in [0, 0.1) is 0 Å². The van der Waals surface area contributed by atoms with Gasteiger partial charge in [-0.2, -0.15) is 0 Å². The monoisotopic (exact) mass is 596 g/mol. The minimum atomic E-state index is -0.754. The van der Waals surface area contributed by atoms with E-state index in [9.17, 15) is 14.4 Å². The molecule has 1 aliphatic heterocycles. The molecule has 204 valence electrons. The van der Waals surface area contributed by atoms with Crippen molar-refractivity contribution >= 4 is 52.6 Å². The molecule has 5 rings (SSSR count). The number of esters is 2. The number of halogens is 2. The van der Waals surface area contributed by atoms with Gasteiger partial charge in [-0.25, -0.2) is 14.6 Å². The number of allylic oxidation sites excluding steroid dienone is 1. The van der Waals surface area contributed by atoms with Crippen LogP contribution in [-0.2, 0) is 14.3 Å². The van der Waals surface area contributed by atoms with Crippen LogP contribution in [0.3, 0.4) is 0 Å². The first-order valence-electron chi connectivity index (χ1n) is 12.1. The van der Waals surface area contributed by atoms with Gasteiger partial charge in [0.15, 0.2) is 4.80 Å². The van der Waals surface area contributed by atoms with Crippen LogP contribution in [0.25, 0.3) is 17.4 Å². The number of hydrogen-bond acceptors (Lipinski definition) is 8. The third kappa shape index (κ3) is 5.15. The van der Waals surface area contributed by atoms with Gasteiger partial charge in [-0.3, -0.25) is 9.36 Å². The van der Waals surface area contributed by atoms with Gasteiger partial charge in [0.2, 0.25) is 0 Å². The van der Waals surface area contributed by atoms with Crippen molar-refractivity contribution in [3.63, 3.8) is 0 Å². The molecule has 0 spiro atoms. The van der Waals surface area contributed by atoms with E-state index >= 15 is 0 Å². The van der Waals surface area contributed by atoms with Gasteiger partial charge < -0.3 is 13.9 Å². The predicted octanol–water partition coefficient (Wildman–Crippen LogP) is 5.15. The molecular weight excluding hydrogens is 575 g/mol. The van der Waals surface area contributed by atoms with Crippen LogP contribution in [0.15, 0.2) is 80.1 Å². The Hall–Kier alpha value is -3.92. The molecule has 0 fully saturated rings. The maximum absolute atomic E-state index is 13.8. The summed E-state index contributed by atoms with van der Waals surface area (Å²) in [6.45, 7) is 3.61.